The molecule has 2 aromatic carbocycles. The number of ether oxygens (including phenoxy) is 4. The summed E-state index contributed by atoms with van der Waals surface area (Å²) in [5.74, 6) is 2.43. The van der Waals surface area contributed by atoms with Gasteiger partial charge in [-0.15, -0.1) is 0 Å². The number of aromatic nitrogens is 2. The molecule has 0 atom stereocenters. The lowest BCUT2D eigenvalue weighted by atomic mass is 9.88. The van der Waals surface area contributed by atoms with Gasteiger partial charge in [0.25, 0.3) is 0 Å². The SMILES string of the molecule is CC(C)(C)OC(=O)N1CCC(c2ccc3cc2OCCOCCOc2ccc4c(c2)-c2nc(ncc2CC4)N3)CC1. The minimum absolute atomic E-state index is 0.249. The number of carbonyl (C=O) groups excluding carboxylic acids is 1. The smallest absolute Gasteiger partial charge is 0.410 e. The molecule has 0 saturated carbocycles. The first-order chi connectivity index (χ1) is 19.8. The predicted octanol–water partition coefficient (Wildman–Crippen LogP) is 5.89. The van der Waals surface area contributed by atoms with E-state index in [-0.39, 0.29) is 12.0 Å². The van der Waals surface area contributed by atoms with E-state index in [1.807, 2.05) is 39.1 Å². The topological polar surface area (TPSA) is 95.0 Å². The van der Waals surface area contributed by atoms with E-state index >= 15 is 0 Å². The van der Waals surface area contributed by atoms with Crippen molar-refractivity contribution in [2.24, 2.45) is 0 Å². The van der Waals surface area contributed by atoms with Crippen LogP contribution in [0.1, 0.15) is 56.2 Å². The fourth-order valence-electron chi connectivity index (χ4n) is 5.67. The zero-order chi connectivity index (χ0) is 28.4. The van der Waals surface area contributed by atoms with Crippen LogP contribution in [0.25, 0.3) is 11.3 Å². The van der Waals surface area contributed by atoms with Crippen LogP contribution in [0.3, 0.4) is 0 Å². The number of hydrogen-bond acceptors (Lipinski definition) is 8. The molecule has 0 spiro atoms. The first-order valence-corrected chi connectivity index (χ1v) is 14.5. The molecule has 9 nitrogen and oxygen atoms in total. The van der Waals surface area contributed by atoms with Crippen molar-refractivity contribution in [2.75, 3.05) is 44.8 Å². The Labute approximate surface area is 241 Å². The summed E-state index contributed by atoms with van der Waals surface area (Å²) in [5.41, 5.74) is 5.93. The summed E-state index contributed by atoms with van der Waals surface area (Å²) in [5, 5.41) is 3.40. The Bertz CT molecular complexity index is 1410. The van der Waals surface area contributed by atoms with Crippen LogP contribution in [0.5, 0.6) is 11.5 Å². The fourth-order valence-corrected chi connectivity index (χ4v) is 5.67. The predicted molar refractivity (Wildman–Crippen MR) is 156 cm³/mol. The van der Waals surface area contributed by atoms with Gasteiger partial charge < -0.3 is 29.2 Å². The van der Waals surface area contributed by atoms with Crippen LogP contribution in [0.15, 0.2) is 42.6 Å². The third-order valence-electron chi connectivity index (χ3n) is 7.70. The minimum Gasteiger partial charge on any atom is -0.491 e. The van der Waals surface area contributed by atoms with Crippen molar-refractivity contribution < 1.29 is 23.7 Å². The zero-order valence-corrected chi connectivity index (χ0v) is 24.1. The highest BCUT2D eigenvalue weighted by Gasteiger charge is 2.29. The molecular formula is C32H38N4O5. The molecule has 1 aliphatic carbocycles. The third-order valence-corrected chi connectivity index (χ3v) is 7.70. The molecule has 1 saturated heterocycles. The normalized spacial score (nSPS) is 17.6. The second kappa shape index (κ2) is 11.6. The Hall–Kier alpha value is -3.85. The number of benzene rings is 2. The van der Waals surface area contributed by atoms with Gasteiger partial charge in [0.15, 0.2) is 0 Å². The van der Waals surface area contributed by atoms with Gasteiger partial charge in [-0.25, -0.2) is 14.8 Å². The largest absolute Gasteiger partial charge is 0.491 e. The number of rotatable bonds is 1. The highest BCUT2D eigenvalue weighted by atomic mass is 16.6. The average Bonchev–Trinajstić information content (AvgIpc) is 2.95. The van der Waals surface area contributed by atoms with Crippen LogP contribution < -0.4 is 14.8 Å². The molecule has 0 radical (unpaired) electrons. The first-order valence-electron chi connectivity index (χ1n) is 14.5. The number of nitrogens with one attached hydrogen (secondary N) is 1. The van der Waals surface area contributed by atoms with E-state index in [0.29, 0.717) is 45.5 Å². The monoisotopic (exact) mass is 558 g/mol. The Morgan fingerprint density at radius 1 is 0.976 bits per heavy atom. The molecule has 6 rings (SSSR count). The highest BCUT2D eigenvalue weighted by Crippen LogP contribution is 2.38. The molecular weight excluding hydrogens is 520 g/mol. The van der Waals surface area contributed by atoms with E-state index in [9.17, 15) is 4.79 Å². The molecule has 3 heterocycles. The van der Waals surface area contributed by atoms with E-state index in [1.54, 1.807) is 4.90 Å². The summed E-state index contributed by atoms with van der Waals surface area (Å²) in [4.78, 5) is 23.9. The Morgan fingerprint density at radius 3 is 2.56 bits per heavy atom. The number of anilines is 2. The van der Waals surface area contributed by atoms with Crippen LogP contribution >= 0.6 is 0 Å². The Balaban J connectivity index is 1.24. The van der Waals surface area contributed by atoms with Gasteiger partial charge in [-0.2, -0.15) is 0 Å². The van der Waals surface area contributed by atoms with Crippen LogP contribution in [0.2, 0.25) is 0 Å². The van der Waals surface area contributed by atoms with Crippen LogP contribution in [-0.2, 0) is 22.3 Å². The molecule has 3 aliphatic rings. The standard InChI is InChI=1S/C32H38N4O5/c1-32(2,3)41-31(37)36-12-10-22(11-13-36)26-9-7-24-18-28(26)40-17-15-38-14-16-39-25-8-6-21-4-5-23-20-33-30(34-24)35-29(23)27(21)19-25/h6-9,18-20,22H,4-5,10-17H2,1-3H3,(H,33,34,35). The lowest BCUT2D eigenvalue weighted by molar-refractivity contribution is 0.0204. The highest BCUT2D eigenvalue weighted by molar-refractivity contribution is 5.72. The molecule has 216 valence electrons. The summed E-state index contributed by atoms with van der Waals surface area (Å²) in [6.07, 6.45) is 5.22. The summed E-state index contributed by atoms with van der Waals surface area (Å²) >= 11 is 0. The van der Waals surface area contributed by atoms with E-state index in [1.165, 1.54) is 5.56 Å². The van der Waals surface area contributed by atoms with Crippen molar-refractivity contribution in [3.05, 3.63) is 59.3 Å². The van der Waals surface area contributed by atoms with E-state index in [0.717, 1.165) is 65.3 Å². The number of amides is 1. The summed E-state index contributed by atoms with van der Waals surface area (Å²) in [6, 6.07) is 12.4. The molecule has 41 heavy (non-hydrogen) atoms. The Morgan fingerprint density at radius 2 is 1.76 bits per heavy atom. The number of carbonyl (C=O) groups is 1. The van der Waals surface area contributed by atoms with Crippen LogP contribution in [0.4, 0.5) is 16.4 Å². The molecule has 0 unspecified atom stereocenters. The van der Waals surface area contributed by atoms with Gasteiger partial charge in [-0.1, -0.05) is 12.1 Å². The number of fused-ring (bicyclic) bond motifs is 4. The molecule has 9 heteroatoms. The van der Waals surface area contributed by atoms with Gasteiger partial charge in [0.05, 0.1) is 18.9 Å². The van der Waals surface area contributed by atoms with Gasteiger partial charge >= 0.3 is 6.09 Å². The minimum atomic E-state index is -0.502. The van der Waals surface area contributed by atoms with Crippen LogP contribution in [0, 0.1) is 0 Å². The molecule has 3 aromatic rings. The second-order valence-electron chi connectivity index (χ2n) is 11.8. The first kappa shape index (κ1) is 27.3. The van der Waals surface area contributed by atoms with Gasteiger partial charge in [0.1, 0.15) is 30.3 Å². The fraction of sp³-hybridized carbons (Fsp3) is 0.469. The van der Waals surface area contributed by atoms with Crippen molar-refractivity contribution in [3.63, 3.8) is 0 Å². The van der Waals surface area contributed by atoms with Crippen molar-refractivity contribution in [2.45, 2.75) is 58.0 Å². The van der Waals surface area contributed by atoms with Gasteiger partial charge in [0, 0.05) is 36.6 Å². The summed E-state index contributed by atoms with van der Waals surface area (Å²) in [6.45, 7) is 8.78. The number of aryl methyl sites for hydroxylation is 2. The van der Waals surface area contributed by atoms with Crippen molar-refractivity contribution in [1.29, 1.82) is 0 Å². The third kappa shape index (κ3) is 6.40. The summed E-state index contributed by atoms with van der Waals surface area (Å²) in [7, 11) is 0. The van der Waals surface area contributed by atoms with Gasteiger partial charge in [0.2, 0.25) is 5.95 Å². The lowest BCUT2D eigenvalue weighted by Crippen LogP contribution is -2.41. The quantitative estimate of drug-likeness (QED) is 0.395. The molecule has 6 bridgehead atoms. The molecule has 1 fully saturated rings. The van der Waals surface area contributed by atoms with Crippen molar-refractivity contribution in [3.8, 4) is 22.8 Å². The van der Waals surface area contributed by atoms with E-state index in [4.69, 9.17) is 23.9 Å². The van der Waals surface area contributed by atoms with Gasteiger partial charge in [-0.05, 0) is 87.3 Å². The lowest BCUT2D eigenvalue weighted by Gasteiger charge is -2.34. The number of piperidine rings is 1. The van der Waals surface area contributed by atoms with Crippen LogP contribution in [-0.4, -0.2) is 66.1 Å². The maximum absolute atomic E-state index is 12.6. The molecule has 2 aliphatic heterocycles. The molecule has 1 amide bonds. The zero-order valence-electron chi connectivity index (χ0n) is 24.1. The number of hydrogen-bond donors (Lipinski definition) is 1. The van der Waals surface area contributed by atoms with Gasteiger partial charge in [-0.3, -0.25) is 0 Å². The van der Waals surface area contributed by atoms with E-state index < -0.39 is 5.60 Å². The van der Waals surface area contributed by atoms with Crippen molar-refractivity contribution >= 4 is 17.7 Å². The second-order valence-corrected chi connectivity index (χ2v) is 11.8. The summed E-state index contributed by atoms with van der Waals surface area (Å²) < 4.78 is 23.7. The van der Waals surface area contributed by atoms with E-state index in [2.05, 4.69) is 34.6 Å². The Kier molecular flexibility index (Phi) is 7.71. The average molecular weight is 559 g/mol. The maximum Gasteiger partial charge on any atom is 0.410 e. The molecule has 1 aromatic heterocycles. The molecule has 1 N–H and O–H groups in total. The van der Waals surface area contributed by atoms with Crippen molar-refractivity contribution in [1.82, 2.24) is 14.9 Å². The number of likely N-dealkylation sites (tertiary alicyclic amines) is 1. The maximum atomic E-state index is 12.6. The number of nitrogens with zero attached hydrogens (tertiary/aromatic N) is 3.